The maximum absolute atomic E-state index is 11.4. The predicted molar refractivity (Wildman–Crippen MR) is 72.9 cm³/mol. The number of nitrogens with one attached hydrogen (secondary N) is 2. The van der Waals surface area contributed by atoms with Crippen molar-refractivity contribution in [3.05, 3.63) is 42.8 Å². The van der Waals surface area contributed by atoms with Crippen molar-refractivity contribution in [3.63, 3.8) is 0 Å². The van der Waals surface area contributed by atoms with Crippen LogP contribution in [-0.4, -0.2) is 17.9 Å². The summed E-state index contributed by atoms with van der Waals surface area (Å²) in [6, 6.07) is 9.69. The summed E-state index contributed by atoms with van der Waals surface area (Å²) in [4.78, 5) is 16.7. The number of hydrogen-bond donors (Lipinski definition) is 2. The molecule has 0 fully saturated rings. The third-order valence-electron chi connectivity index (χ3n) is 2.00. The molecule has 1 rings (SSSR count). The van der Waals surface area contributed by atoms with Gasteiger partial charge in [-0.15, -0.1) is 0 Å². The number of rotatable bonds is 5. The van der Waals surface area contributed by atoms with Crippen molar-refractivity contribution in [3.8, 4) is 0 Å². The second kappa shape index (κ2) is 7.11. The molecular weight excluding hydrogens is 244 g/mol. The maximum Gasteiger partial charge on any atom is 0.408 e. The second-order valence-corrected chi connectivity index (χ2v) is 5.09. The summed E-state index contributed by atoms with van der Waals surface area (Å²) < 4.78 is 5.09. The largest absolute Gasteiger partial charge is 0.444 e. The van der Waals surface area contributed by atoms with Gasteiger partial charge in [0.1, 0.15) is 11.8 Å². The molecule has 1 aromatic rings. The minimum absolute atomic E-state index is 0.392. The molecule has 0 saturated heterocycles. The lowest BCUT2D eigenvalue weighted by Crippen LogP contribution is -2.45. The van der Waals surface area contributed by atoms with Crippen molar-refractivity contribution in [2.24, 2.45) is 0 Å². The van der Waals surface area contributed by atoms with Gasteiger partial charge in [-0.3, -0.25) is 4.84 Å². The monoisotopic (exact) mass is 265 g/mol. The van der Waals surface area contributed by atoms with Gasteiger partial charge in [0.25, 0.3) is 0 Å². The first-order valence-corrected chi connectivity index (χ1v) is 6.11. The standard InChI is InChI=1S/C14H21N2O3/c1-11(15-13(17)19-14(2,3)4)16-18-10-12-8-6-5-7-9-12/h5-9,11,16H,1,10H2,2-4H3,(H,15,17). The number of amides is 1. The number of alkyl carbamates (subject to hydrolysis) is 1. The van der Waals surface area contributed by atoms with Gasteiger partial charge in [0.05, 0.1) is 6.61 Å². The molecule has 5 nitrogen and oxygen atoms in total. The summed E-state index contributed by atoms with van der Waals surface area (Å²) in [5, 5.41) is 2.51. The molecule has 0 spiro atoms. The fraction of sp³-hybridized carbons (Fsp3) is 0.429. The zero-order valence-corrected chi connectivity index (χ0v) is 11.6. The van der Waals surface area contributed by atoms with Crippen LogP contribution in [0.5, 0.6) is 0 Å². The molecule has 105 valence electrons. The van der Waals surface area contributed by atoms with Gasteiger partial charge >= 0.3 is 6.09 Å². The molecule has 0 saturated carbocycles. The second-order valence-electron chi connectivity index (χ2n) is 5.09. The van der Waals surface area contributed by atoms with Crippen molar-refractivity contribution < 1.29 is 14.4 Å². The highest BCUT2D eigenvalue weighted by molar-refractivity contribution is 5.68. The molecule has 19 heavy (non-hydrogen) atoms. The molecule has 1 unspecified atom stereocenters. The van der Waals surface area contributed by atoms with Gasteiger partial charge in [-0.05, 0) is 33.3 Å². The van der Waals surface area contributed by atoms with Gasteiger partial charge in [-0.25, -0.2) is 4.79 Å². The van der Waals surface area contributed by atoms with Crippen LogP contribution in [0.3, 0.4) is 0 Å². The first kappa shape index (κ1) is 15.5. The van der Waals surface area contributed by atoms with E-state index in [0.717, 1.165) is 5.56 Å². The van der Waals surface area contributed by atoms with Crippen LogP contribution < -0.4 is 10.8 Å². The van der Waals surface area contributed by atoms with E-state index in [4.69, 9.17) is 9.57 Å². The normalized spacial score (nSPS) is 12.8. The zero-order chi connectivity index (χ0) is 14.3. The molecular formula is C14H21N2O3. The Labute approximate surface area is 114 Å². The quantitative estimate of drug-likeness (QED) is 0.634. The minimum atomic E-state index is -0.585. The molecule has 1 atom stereocenters. The minimum Gasteiger partial charge on any atom is -0.444 e. The van der Waals surface area contributed by atoms with Crippen LogP contribution in [0.1, 0.15) is 26.3 Å². The molecule has 0 aliphatic rings. The molecule has 0 aliphatic carbocycles. The smallest absolute Gasteiger partial charge is 0.408 e. The highest BCUT2D eigenvalue weighted by Crippen LogP contribution is 2.06. The van der Waals surface area contributed by atoms with Crippen molar-refractivity contribution >= 4 is 6.09 Å². The summed E-state index contributed by atoms with van der Waals surface area (Å²) in [5.41, 5.74) is 3.12. The Morgan fingerprint density at radius 3 is 2.53 bits per heavy atom. The average molecular weight is 265 g/mol. The Bertz CT molecular complexity index is 387. The predicted octanol–water partition coefficient (Wildman–Crippen LogP) is 2.39. The first-order valence-electron chi connectivity index (χ1n) is 6.11. The Morgan fingerprint density at radius 2 is 1.95 bits per heavy atom. The Balaban J connectivity index is 2.21. The Hall–Kier alpha value is -1.59. The van der Waals surface area contributed by atoms with Gasteiger partial charge in [0.2, 0.25) is 0 Å². The molecule has 1 radical (unpaired) electrons. The van der Waals surface area contributed by atoms with Crippen molar-refractivity contribution in [2.75, 3.05) is 0 Å². The number of carbonyl (C=O) groups is 1. The molecule has 1 amide bonds. The van der Waals surface area contributed by atoms with E-state index in [1.54, 1.807) is 20.8 Å². The molecule has 5 heteroatoms. The SMILES string of the molecule is [CH2]C(NOCc1ccccc1)NC(=O)OC(C)(C)C. The molecule has 0 heterocycles. The zero-order valence-electron chi connectivity index (χ0n) is 11.6. The van der Waals surface area contributed by atoms with E-state index in [0.29, 0.717) is 6.61 Å². The van der Waals surface area contributed by atoms with Gasteiger partial charge in [0.15, 0.2) is 0 Å². The highest BCUT2D eigenvalue weighted by atomic mass is 16.6. The molecule has 0 aliphatic heterocycles. The van der Waals surface area contributed by atoms with Crippen LogP contribution >= 0.6 is 0 Å². The Morgan fingerprint density at radius 1 is 1.32 bits per heavy atom. The topological polar surface area (TPSA) is 59.6 Å². The number of hydrogen-bond acceptors (Lipinski definition) is 4. The lowest BCUT2D eigenvalue weighted by molar-refractivity contribution is -0.000505. The molecule has 0 bridgehead atoms. The van der Waals surface area contributed by atoms with Crippen LogP contribution in [0.4, 0.5) is 4.79 Å². The summed E-state index contributed by atoms with van der Waals surface area (Å²) in [5.74, 6) is 0. The highest BCUT2D eigenvalue weighted by Gasteiger charge is 2.17. The van der Waals surface area contributed by atoms with E-state index >= 15 is 0 Å². The van der Waals surface area contributed by atoms with Gasteiger partial charge < -0.3 is 10.1 Å². The van der Waals surface area contributed by atoms with E-state index in [-0.39, 0.29) is 0 Å². The number of ether oxygens (including phenoxy) is 1. The van der Waals surface area contributed by atoms with Crippen LogP contribution in [0.15, 0.2) is 30.3 Å². The summed E-state index contributed by atoms with van der Waals surface area (Å²) in [6.07, 6.45) is -1.12. The lowest BCUT2D eigenvalue weighted by atomic mass is 10.2. The fourth-order valence-electron chi connectivity index (χ4n) is 1.28. The number of hydroxylamine groups is 1. The summed E-state index contributed by atoms with van der Waals surface area (Å²) in [7, 11) is 0. The van der Waals surface area contributed by atoms with Gasteiger partial charge in [-0.2, -0.15) is 5.48 Å². The Kier molecular flexibility index (Phi) is 5.79. The van der Waals surface area contributed by atoms with Crippen molar-refractivity contribution in [1.82, 2.24) is 10.8 Å². The third-order valence-corrected chi connectivity index (χ3v) is 2.00. The van der Waals surface area contributed by atoms with E-state index in [9.17, 15) is 4.79 Å². The maximum atomic E-state index is 11.4. The van der Waals surface area contributed by atoms with E-state index in [2.05, 4.69) is 17.7 Å². The van der Waals surface area contributed by atoms with Crippen molar-refractivity contribution in [2.45, 2.75) is 39.1 Å². The van der Waals surface area contributed by atoms with Crippen LogP contribution in [-0.2, 0) is 16.2 Å². The molecule has 2 N–H and O–H groups in total. The summed E-state index contributed by atoms with van der Waals surface area (Å²) in [6.45, 7) is 9.47. The first-order chi connectivity index (χ1) is 8.87. The van der Waals surface area contributed by atoms with Gasteiger partial charge in [-0.1, -0.05) is 30.3 Å². The lowest BCUT2D eigenvalue weighted by Gasteiger charge is -2.22. The molecule has 0 aromatic heterocycles. The van der Waals surface area contributed by atoms with E-state index < -0.39 is 17.9 Å². The fourth-order valence-corrected chi connectivity index (χ4v) is 1.28. The van der Waals surface area contributed by atoms with E-state index in [1.165, 1.54) is 0 Å². The van der Waals surface area contributed by atoms with E-state index in [1.807, 2.05) is 30.3 Å². The van der Waals surface area contributed by atoms with Crippen molar-refractivity contribution in [1.29, 1.82) is 0 Å². The van der Waals surface area contributed by atoms with Gasteiger partial charge in [0, 0.05) is 0 Å². The third kappa shape index (κ3) is 7.43. The number of benzene rings is 1. The molecule has 1 aromatic carbocycles. The average Bonchev–Trinajstić information content (AvgIpc) is 2.27. The van der Waals surface area contributed by atoms with Crippen LogP contribution in [0, 0.1) is 6.92 Å². The van der Waals surface area contributed by atoms with Crippen LogP contribution in [0.25, 0.3) is 0 Å². The van der Waals surface area contributed by atoms with Crippen LogP contribution in [0.2, 0.25) is 0 Å². The summed E-state index contributed by atoms with van der Waals surface area (Å²) >= 11 is 0. The number of carbonyl (C=O) groups excluding carboxylic acids is 1.